The van der Waals surface area contributed by atoms with Gasteiger partial charge in [0.05, 0.1) is 17.4 Å². The summed E-state index contributed by atoms with van der Waals surface area (Å²) in [6.07, 6.45) is 5.46. The van der Waals surface area contributed by atoms with Gasteiger partial charge < -0.3 is 15.0 Å². The van der Waals surface area contributed by atoms with E-state index in [-0.39, 0.29) is 12.3 Å². The summed E-state index contributed by atoms with van der Waals surface area (Å²) in [5, 5.41) is 0. The van der Waals surface area contributed by atoms with Gasteiger partial charge in [0.1, 0.15) is 6.23 Å². The molecule has 4 nitrogen and oxygen atoms in total. The summed E-state index contributed by atoms with van der Waals surface area (Å²) in [5.74, 6) is 0. The number of hydrogen-bond acceptors (Lipinski definition) is 3. The maximum atomic E-state index is 5.99. The zero-order valence-electron chi connectivity index (χ0n) is 10.7. The topological polar surface area (TPSA) is 53.1 Å². The standard InChI is InChI=1S/C14H19N3O/c1-10(15)11-5-4-6-12-14(11)16-9-17(12)13-7-2-3-8-18-13/h4-6,9-10,13H,2-3,7-8,15H2,1H3. The number of hydrogen-bond donors (Lipinski definition) is 1. The van der Waals surface area contributed by atoms with E-state index in [1.807, 2.05) is 25.4 Å². The molecule has 4 heteroatoms. The molecule has 1 aliphatic heterocycles. The molecule has 96 valence electrons. The number of rotatable bonds is 2. The number of ether oxygens (including phenoxy) is 1. The number of imidazole rings is 1. The molecule has 2 atom stereocenters. The van der Waals surface area contributed by atoms with Crippen LogP contribution < -0.4 is 5.73 Å². The molecule has 0 aliphatic carbocycles. The fraction of sp³-hybridized carbons (Fsp3) is 0.500. The highest BCUT2D eigenvalue weighted by atomic mass is 16.5. The Morgan fingerprint density at radius 2 is 2.33 bits per heavy atom. The van der Waals surface area contributed by atoms with Gasteiger partial charge in [0.25, 0.3) is 0 Å². The summed E-state index contributed by atoms with van der Waals surface area (Å²) in [7, 11) is 0. The number of benzene rings is 1. The van der Waals surface area contributed by atoms with Crippen LogP contribution in [0.25, 0.3) is 11.0 Å². The van der Waals surface area contributed by atoms with Crippen molar-refractivity contribution in [3.8, 4) is 0 Å². The first-order chi connectivity index (χ1) is 8.77. The quantitative estimate of drug-likeness (QED) is 0.885. The van der Waals surface area contributed by atoms with Gasteiger partial charge in [0.15, 0.2) is 0 Å². The van der Waals surface area contributed by atoms with Gasteiger partial charge in [-0.1, -0.05) is 12.1 Å². The van der Waals surface area contributed by atoms with Crippen LogP contribution in [-0.4, -0.2) is 16.2 Å². The maximum absolute atomic E-state index is 5.99. The summed E-state index contributed by atoms with van der Waals surface area (Å²) >= 11 is 0. The molecule has 0 bridgehead atoms. The predicted molar refractivity (Wildman–Crippen MR) is 71.2 cm³/mol. The number of nitrogens with zero attached hydrogens (tertiary/aromatic N) is 2. The Labute approximate surface area is 107 Å². The summed E-state index contributed by atoms with van der Waals surface area (Å²) in [4.78, 5) is 4.52. The third kappa shape index (κ3) is 1.91. The molecule has 0 amide bonds. The largest absolute Gasteiger partial charge is 0.358 e. The van der Waals surface area contributed by atoms with E-state index < -0.39 is 0 Å². The van der Waals surface area contributed by atoms with Crippen LogP contribution in [-0.2, 0) is 4.74 Å². The fourth-order valence-electron chi connectivity index (χ4n) is 2.62. The average Bonchev–Trinajstić information content (AvgIpc) is 2.83. The van der Waals surface area contributed by atoms with E-state index in [0.717, 1.165) is 36.0 Å². The Morgan fingerprint density at radius 1 is 1.44 bits per heavy atom. The Balaban J connectivity index is 2.06. The SMILES string of the molecule is CC(N)c1cccc2c1ncn2C1CCCCO1. The third-order valence-corrected chi connectivity index (χ3v) is 3.59. The average molecular weight is 245 g/mol. The zero-order valence-corrected chi connectivity index (χ0v) is 10.7. The minimum Gasteiger partial charge on any atom is -0.358 e. The van der Waals surface area contributed by atoms with Crippen LogP contribution in [0.15, 0.2) is 24.5 Å². The van der Waals surface area contributed by atoms with Gasteiger partial charge in [-0.3, -0.25) is 0 Å². The van der Waals surface area contributed by atoms with Crippen molar-refractivity contribution in [3.05, 3.63) is 30.1 Å². The van der Waals surface area contributed by atoms with Gasteiger partial charge in [-0.05, 0) is 37.8 Å². The van der Waals surface area contributed by atoms with Crippen molar-refractivity contribution < 1.29 is 4.74 Å². The van der Waals surface area contributed by atoms with Crippen molar-refractivity contribution in [2.75, 3.05) is 6.61 Å². The molecule has 2 aromatic rings. The van der Waals surface area contributed by atoms with Crippen molar-refractivity contribution in [3.63, 3.8) is 0 Å². The number of aromatic nitrogens is 2. The molecular formula is C14H19N3O. The van der Waals surface area contributed by atoms with Gasteiger partial charge in [0.2, 0.25) is 0 Å². The van der Waals surface area contributed by atoms with Crippen LogP contribution in [0.1, 0.15) is 44.0 Å². The van der Waals surface area contributed by atoms with Gasteiger partial charge >= 0.3 is 0 Å². The first-order valence-electron chi connectivity index (χ1n) is 6.60. The van der Waals surface area contributed by atoms with Gasteiger partial charge in [-0.25, -0.2) is 4.98 Å². The normalized spacial score (nSPS) is 22.2. The van der Waals surface area contributed by atoms with E-state index in [1.54, 1.807) is 0 Å². The molecule has 1 aromatic carbocycles. The lowest BCUT2D eigenvalue weighted by atomic mass is 10.1. The van der Waals surface area contributed by atoms with E-state index in [0.29, 0.717) is 0 Å². The first-order valence-corrected chi connectivity index (χ1v) is 6.60. The second-order valence-electron chi connectivity index (χ2n) is 4.98. The van der Waals surface area contributed by atoms with Gasteiger partial charge in [-0.15, -0.1) is 0 Å². The van der Waals surface area contributed by atoms with E-state index in [1.165, 1.54) is 6.42 Å². The molecule has 18 heavy (non-hydrogen) atoms. The Kier molecular flexibility index (Phi) is 3.06. The smallest absolute Gasteiger partial charge is 0.135 e. The Bertz CT molecular complexity index is 541. The van der Waals surface area contributed by atoms with Crippen LogP contribution in [0.2, 0.25) is 0 Å². The highest BCUT2D eigenvalue weighted by molar-refractivity contribution is 5.79. The molecule has 3 rings (SSSR count). The molecule has 1 fully saturated rings. The fourth-order valence-corrected chi connectivity index (χ4v) is 2.62. The maximum Gasteiger partial charge on any atom is 0.135 e. The van der Waals surface area contributed by atoms with Crippen LogP contribution in [0.3, 0.4) is 0 Å². The predicted octanol–water partition coefficient (Wildman–Crippen LogP) is 2.76. The van der Waals surface area contributed by atoms with Crippen molar-refractivity contribution >= 4 is 11.0 Å². The van der Waals surface area contributed by atoms with E-state index in [9.17, 15) is 0 Å². The first kappa shape index (κ1) is 11.7. The minimum atomic E-state index is 0.00400. The zero-order chi connectivity index (χ0) is 12.5. The number of fused-ring (bicyclic) bond motifs is 1. The van der Waals surface area contributed by atoms with Crippen LogP contribution in [0, 0.1) is 0 Å². The third-order valence-electron chi connectivity index (χ3n) is 3.59. The van der Waals surface area contributed by atoms with E-state index in [2.05, 4.69) is 15.6 Å². The monoisotopic (exact) mass is 245 g/mol. The van der Waals surface area contributed by atoms with Crippen LogP contribution in [0.4, 0.5) is 0 Å². The molecule has 2 unspecified atom stereocenters. The number of para-hydroxylation sites is 1. The highest BCUT2D eigenvalue weighted by Crippen LogP contribution is 2.28. The summed E-state index contributed by atoms with van der Waals surface area (Å²) < 4.78 is 7.96. The molecule has 2 N–H and O–H groups in total. The second-order valence-corrected chi connectivity index (χ2v) is 4.98. The highest BCUT2D eigenvalue weighted by Gasteiger charge is 2.19. The Hall–Kier alpha value is -1.39. The van der Waals surface area contributed by atoms with Gasteiger partial charge in [-0.2, -0.15) is 0 Å². The molecule has 0 radical (unpaired) electrons. The van der Waals surface area contributed by atoms with E-state index in [4.69, 9.17) is 10.5 Å². The van der Waals surface area contributed by atoms with Crippen molar-refractivity contribution in [2.24, 2.45) is 5.73 Å². The summed E-state index contributed by atoms with van der Waals surface area (Å²) in [5.41, 5.74) is 9.21. The molecule has 1 aliphatic rings. The van der Waals surface area contributed by atoms with E-state index >= 15 is 0 Å². The minimum absolute atomic E-state index is 0.00400. The summed E-state index contributed by atoms with van der Waals surface area (Å²) in [6.45, 7) is 2.84. The lowest BCUT2D eigenvalue weighted by molar-refractivity contribution is -0.0295. The molecule has 0 spiro atoms. The Morgan fingerprint density at radius 3 is 3.06 bits per heavy atom. The van der Waals surface area contributed by atoms with Crippen LogP contribution >= 0.6 is 0 Å². The molecule has 1 aromatic heterocycles. The lowest BCUT2D eigenvalue weighted by Crippen LogP contribution is -2.17. The van der Waals surface area contributed by atoms with Crippen molar-refractivity contribution in [1.82, 2.24) is 9.55 Å². The second kappa shape index (κ2) is 4.71. The molecular weight excluding hydrogens is 226 g/mol. The molecule has 2 heterocycles. The van der Waals surface area contributed by atoms with Crippen LogP contribution in [0.5, 0.6) is 0 Å². The van der Waals surface area contributed by atoms with Crippen molar-refractivity contribution in [2.45, 2.75) is 38.5 Å². The molecule has 0 saturated carbocycles. The number of nitrogens with two attached hydrogens (primary N) is 1. The lowest BCUT2D eigenvalue weighted by Gasteiger charge is -2.24. The summed E-state index contributed by atoms with van der Waals surface area (Å²) in [6, 6.07) is 6.18. The molecule has 1 saturated heterocycles. The van der Waals surface area contributed by atoms with Gasteiger partial charge in [0, 0.05) is 12.6 Å². The van der Waals surface area contributed by atoms with Crippen molar-refractivity contribution in [1.29, 1.82) is 0 Å².